The topological polar surface area (TPSA) is 49.7 Å². The first-order valence-electron chi connectivity index (χ1n) is 5.58. The van der Waals surface area contributed by atoms with Gasteiger partial charge in [-0.05, 0) is 16.9 Å². The Hall–Kier alpha value is -1.57. The smallest absolute Gasteiger partial charge is 0.165 e. The van der Waals surface area contributed by atoms with Gasteiger partial charge in [-0.3, -0.25) is 0 Å². The third kappa shape index (κ3) is 2.63. The number of phenolic OH excluding ortho intramolecular Hbond substituents is 1. The first-order valence-corrected chi connectivity index (χ1v) is 6.58. The molecule has 0 aliphatic carbocycles. The standard InChI is InChI=1S/C14H15O3P/c1-17-11-6-4-8-13(14(11)16)18-12-7-3-2-5-10(12)9-15/h2-8,15-16,18H,9H2,1H3. The van der Waals surface area contributed by atoms with Crippen molar-refractivity contribution in [3.63, 3.8) is 0 Å². The molecule has 0 amide bonds. The molecule has 0 fully saturated rings. The van der Waals surface area contributed by atoms with Crippen molar-refractivity contribution in [3.05, 3.63) is 48.0 Å². The van der Waals surface area contributed by atoms with Gasteiger partial charge in [-0.25, -0.2) is 0 Å². The molecule has 2 aromatic rings. The van der Waals surface area contributed by atoms with E-state index >= 15 is 0 Å². The maximum absolute atomic E-state index is 10.0. The van der Waals surface area contributed by atoms with Crippen molar-refractivity contribution in [1.82, 2.24) is 0 Å². The molecule has 1 unspecified atom stereocenters. The molecule has 0 bridgehead atoms. The van der Waals surface area contributed by atoms with Gasteiger partial charge in [0.25, 0.3) is 0 Å². The van der Waals surface area contributed by atoms with E-state index in [-0.39, 0.29) is 12.4 Å². The SMILES string of the molecule is COc1cccc(Pc2ccccc2CO)c1O. The van der Waals surface area contributed by atoms with Crippen LogP contribution < -0.4 is 15.3 Å². The highest BCUT2D eigenvalue weighted by Gasteiger charge is 2.09. The molecule has 2 rings (SSSR count). The Morgan fingerprint density at radius 1 is 1.06 bits per heavy atom. The van der Waals surface area contributed by atoms with Crippen LogP contribution >= 0.6 is 8.58 Å². The molecule has 0 radical (unpaired) electrons. The number of aliphatic hydroxyl groups is 1. The summed E-state index contributed by atoms with van der Waals surface area (Å²) in [5.41, 5.74) is 0.887. The zero-order valence-corrected chi connectivity index (χ0v) is 11.1. The molecule has 4 heteroatoms. The Labute approximate surface area is 108 Å². The summed E-state index contributed by atoms with van der Waals surface area (Å²) in [5.74, 6) is 0.646. The average molecular weight is 262 g/mol. The molecule has 0 aromatic heterocycles. The molecule has 0 saturated carbocycles. The normalized spacial score (nSPS) is 11.0. The number of phenols is 1. The molecule has 0 spiro atoms. The number of methoxy groups -OCH3 is 1. The first kappa shape index (κ1) is 12.9. The second kappa shape index (κ2) is 5.85. The van der Waals surface area contributed by atoms with Gasteiger partial charge in [0.2, 0.25) is 0 Å². The molecule has 0 aliphatic heterocycles. The zero-order valence-electron chi connectivity index (χ0n) is 10.1. The largest absolute Gasteiger partial charge is 0.504 e. The van der Waals surface area contributed by atoms with Gasteiger partial charge < -0.3 is 14.9 Å². The van der Waals surface area contributed by atoms with Crippen molar-refractivity contribution < 1.29 is 14.9 Å². The van der Waals surface area contributed by atoms with Crippen LogP contribution in [0.15, 0.2) is 42.5 Å². The first-order chi connectivity index (χ1) is 8.76. The highest BCUT2D eigenvalue weighted by Crippen LogP contribution is 2.28. The van der Waals surface area contributed by atoms with Gasteiger partial charge in [-0.15, -0.1) is 0 Å². The van der Waals surface area contributed by atoms with E-state index in [0.717, 1.165) is 16.2 Å². The van der Waals surface area contributed by atoms with Gasteiger partial charge in [-0.1, -0.05) is 45.0 Å². The summed E-state index contributed by atoms with van der Waals surface area (Å²) in [7, 11) is 1.82. The number of benzene rings is 2. The minimum atomic E-state index is 0.00784. The molecule has 2 N–H and O–H groups in total. The lowest BCUT2D eigenvalue weighted by molar-refractivity contribution is 0.283. The molecule has 1 atom stereocenters. The van der Waals surface area contributed by atoms with Crippen molar-refractivity contribution in [2.45, 2.75) is 6.61 Å². The fourth-order valence-corrected chi connectivity index (χ4v) is 2.93. The van der Waals surface area contributed by atoms with Crippen LogP contribution in [-0.4, -0.2) is 17.3 Å². The lowest BCUT2D eigenvalue weighted by atomic mass is 10.2. The van der Waals surface area contributed by atoms with Crippen LogP contribution in [0.3, 0.4) is 0 Å². The second-order valence-electron chi connectivity index (χ2n) is 3.80. The molecular formula is C14H15O3P. The summed E-state index contributed by atoms with van der Waals surface area (Å²) in [6.45, 7) is 0.00784. The number of hydrogen-bond acceptors (Lipinski definition) is 3. The number of ether oxygens (including phenoxy) is 1. The summed E-state index contributed by atoms with van der Waals surface area (Å²) in [4.78, 5) is 0. The summed E-state index contributed by atoms with van der Waals surface area (Å²) < 4.78 is 5.08. The van der Waals surface area contributed by atoms with Crippen molar-refractivity contribution in [3.8, 4) is 11.5 Å². The predicted molar refractivity (Wildman–Crippen MR) is 74.6 cm³/mol. The highest BCUT2D eigenvalue weighted by molar-refractivity contribution is 7.55. The molecule has 18 heavy (non-hydrogen) atoms. The molecule has 0 aliphatic rings. The quantitative estimate of drug-likeness (QED) is 0.821. The lowest BCUT2D eigenvalue weighted by Gasteiger charge is -2.11. The number of aromatic hydroxyl groups is 1. The van der Waals surface area contributed by atoms with Crippen LogP contribution in [0.4, 0.5) is 0 Å². The number of hydrogen-bond donors (Lipinski definition) is 2. The van der Waals surface area contributed by atoms with E-state index in [1.165, 1.54) is 7.11 Å². The van der Waals surface area contributed by atoms with Crippen LogP contribution in [0.5, 0.6) is 11.5 Å². The molecule has 2 aromatic carbocycles. The van der Waals surface area contributed by atoms with Gasteiger partial charge in [0, 0.05) is 5.30 Å². The van der Waals surface area contributed by atoms with Crippen molar-refractivity contribution in [2.24, 2.45) is 0 Å². The lowest BCUT2D eigenvalue weighted by Crippen LogP contribution is -2.09. The Morgan fingerprint density at radius 3 is 2.50 bits per heavy atom. The van der Waals surface area contributed by atoms with E-state index in [9.17, 15) is 10.2 Å². The number of aliphatic hydroxyl groups excluding tert-OH is 1. The van der Waals surface area contributed by atoms with Crippen LogP contribution in [0.25, 0.3) is 0 Å². The monoisotopic (exact) mass is 262 g/mol. The van der Waals surface area contributed by atoms with Crippen molar-refractivity contribution >= 4 is 19.2 Å². The van der Waals surface area contributed by atoms with Gasteiger partial charge >= 0.3 is 0 Å². The van der Waals surface area contributed by atoms with Crippen LogP contribution in [0.2, 0.25) is 0 Å². The second-order valence-corrected chi connectivity index (χ2v) is 5.12. The number of para-hydroxylation sites is 1. The van der Waals surface area contributed by atoms with E-state index < -0.39 is 0 Å². The maximum atomic E-state index is 10.0. The Morgan fingerprint density at radius 2 is 1.78 bits per heavy atom. The minimum absolute atomic E-state index is 0.00784. The maximum Gasteiger partial charge on any atom is 0.165 e. The summed E-state index contributed by atoms with van der Waals surface area (Å²) >= 11 is 0. The molecule has 0 saturated heterocycles. The molecule has 94 valence electrons. The van der Waals surface area contributed by atoms with Crippen LogP contribution in [0, 0.1) is 0 Å². The third-order valence-electron chi connectivity index (χ3n) is 2.68. The van der Waals surface area contributed by atoms with Gasteiger partial charge in [0.05, 0.1) is 13.7 Å². The molecule has 3 nitrogen and oxygen atoms in total. The van der Waals surface area contributed by atoms with Crippen LogP contribution in [-0.2, 0) is 6.61 Å². The van der Waals surface area contributed by atoms with E-state index in [0.29, 0.717) is 14.3 Å². The van der Waals surface area contributed by atoms with E-state index in [4.69, 9.17) is 4.74 Å². The van der Waals surface area contributed by atoms with E-state index in [1.54, 1.807) is 6.07 Å². The molecular weight excluding hydrogens is 247 g/mol. The minimum Gasteiger partial charge on any atom is -0.504 e. The van der Waals surface area contributed by atoms with E-state index in [2.05, 4.69) is 0 Å². The third-order valence-corrected chi connectivity index (χ3v) is 4.11. The van der Waals surface area contributed by atoms with Crippen LogP contribution in [0.1, 0.15) is 5.56 Å². The molecule has 0 heterocycles. The average Bonchev–Trinajstić information content (AvgIpc) is 2.42. The van der Waals surface area contributed by atoms with Gasteiger partial charge in [0.15, 0.2) is 11.5 Å². The fourth-order valence-electron chi connectivity index (χ4n) is 1.71. The van der Waals surface area contributed by atoms with Gasteiger partial charge in [-0.2, -0.15) is 0 Å². The van der Waals surface area contributed by atoms with Gasteiger partial charge in [0.1, 0.15) is 0 Å². The zero-order chi connectivity index (χ0) is 13.0. The predicted octanol–water partition coefficient (Wildman–Crippen LogP) is 1.52. The Bertz CT molecular complexity index is 540. The summed E-state index contributed by atoms with van der Waals surface area (Å²) in [6.07, 6.45) is 0. The van der Waals surface area contributed by atoms with Crippen molar-refractivity contribution in [2.75, 3.05) is 7.11 Å². The number of rotatable bonds is 4. The summed E-state index contributed by atoms with van der Waals surface area (Å²) in [6, 6.07) is 13.1. The van der Waals surface area contributed by atoms with E-state index in [1.807, 2.05) is 36.4 Å². The summed E-state index contributed by atoms with van der Waals surface area (Å²) in [5, 5.41) is 21.2. The Kier molecular flexibility index (Phi) is 4.19. The van der Waals surface area contributed by atoms with Crippen molar-refractivity contribution in [1.29, 1.82) is 0 Å². The highest BCUT2D eigenvalue weighted by atomic mass is 31.1. The Balaban J connectivity index is 2.34. The fraction of sp³-hybridized carbons (Fsp3) is 0.143.